The van der Waals surface area contributed by atoms with E-state index in [2.05, 4.69) is 5.32 Å². The molecule has 82 valence electrons. The Morgan fingerprint density at radius 1 is 1.53 bits per heavy atom. The Morgan fingerprint density at radius 3 is 2.93 bits per heavy atom. The summed E-state index contributed by atoms with van der Waals surface area (Å²) >= 11 is 5.93. The molecule has 0 saturated carbocycles. The predicted octanol–water partition coefficient (Wildman–Crippen LogP) is 2.16. The summed E-state index contributed by atoms with van der Waals surface area (Å²) in [4.78, 5) is 10.6. The van der Waals surface area contributed by atoms with Crippen LogP contribution in [0.4, 0.5) is 0 Å². The maximum Gasteiger partial charge on any atom is 0.216 e. The molecule has 0 atom stereocenters. The quantitative estimate of drug-likeness (QED) is 0.801. The third-order valence-electron chi connectivity index (χ3n) is 1.82. The molecule has 3 nitrogen and oxygen atoms in total. The van der Waals surface area contributed by atoms with Crippen LogP contribution in [0, 0.1) is 6.92 Å². The van der Waals surface area contributed by atoms with Gasteiger partial charge in [-0.25, -0.2) is 0 Å². The molecule has 1 aromatic rings. The van der Waals surface area contributed by atoms with Gasteiger partial charge in [0.05, 0.1) is 11.6 Å². The average molecular weight is 228 g/mol. The van der Waals surface area contributed by atoms with E-state index in [0.29, 0.717) is 23.9 Å². The van der Waals surface area contributed by atoms with Gasteiger partial charge >= 0.3 is 0 Å². The Labute approximate surface area is 94.4 Å². The number of rotatable bonds is 4. The molecule has 1 aromatic carbocycles. The first-order chi connectivity index (χ1) is 7.09. The van der Waals surface area contributed by atoms with Crippen molar-refractivity contribution in [1.29, 1.82) is 0 Å². The van der Waals surface area contributed by atoms with Gasteiger partial charge in [0.2, 0.25) is 5.91 Å². The van der Waals surface area contributed by atoms with Crippen LogP contribution in [0.2, 0.25) is 5.02 Å². The van der Waals surface area contributed by atoms with Crippen LogP contribution in [0.1, 0.15) is 12.5 Å². The molecule has 0 aliphatic carbocycles. The Bertz CT molecular complexity index is 352. The number of benzene rings is 1. The predicted molar refractivity (Wildman–Crippen MR) is 60.4 cm³/mol. The largest absolute Gasteiger partial charge is 0.490 e. The minimum atomic E-state index is -0.0612. The van der Waals surface area contributed by atoms with Gasteiger partial charge in [-0.1, -0.05) is 17.7 Å². The summed E-state index contributed by atoms with van der Waals surface area (Å²) in [6, 6.07) is 5.59. The zero-order valence-electron chi connectivity index (χ0n) is 8.84. The molecule has 0 bridgehead atoms. The molecule has 0 radical (unpaired) electrons. The van der Waals surface area contributed by atoms with Gasteiger partial charge in [0.15, 0.2) is 0 Å². The van der Waals surface area contributed by atoms with Gasteiger partial charge in [-0.15, -0.1) is 0 Å². The summed E-state index contributed by atoms with van der Waals surface area (Å²) in [5.41, 5.74) is 1.09. The summed E-state index contributed by atoms with van der Waals surface area (Å²) in [5, 5.41) is 3.23. The topological polar surface area (TPSA) is 38.3 Å². The molecule has 0 unspecified atom stereocenters. The molecule has 1 amide bonds. The highest BCUT2D eigenvalue weighted by atomic mass is 35.5. The van der Waals surface area contributed by atoms with Crippen molar-refractivity contribution in [3.63, 3.8) is 0 Å². The van der Waals surface area contributed by atoms with Crippen LogP contribution >= 0.6 is 11.6 Å². The summed E-state index contributed by atoms with van der Waals surface area (Å²) in [6.45, 7) is 4.35. The molecule has 0 fully saturated rings. The Morgan fingerprint density at radius 2 is 2.27 bits per heavy atom. The van der Waals surface area contributed by atoms with Gasteiger partial charge in [-0.3, -0.25) is 4.79 Å². The summed E-state index contributed by atoms with van der Waals surface area (Å²) in [6.07, 6.45) is 0. The third-order valence-corrected chi connectivity index (χ3v) is 2.13. The van der Waals surface area contributed by atoms with Crippen LogP contribution in [0.3, 0.4) is 0 Å². The Kier molecular flexibility index (Phi) is 4.43. The molecular weight excluding hydrogens is 214 g/mol. The van der Waals surface area contributed by atoms with Crippen molar-refractivity contribution in [2.75, 3.05) is 13.2 Å². The second-order valence-corrected chi connectivity index (χ2v) is 3.67. The van der Waals surface area contributed by atoms with Gasteiger partial charge in [-0.05, 0) is 24.6 Å². The van der Waals surface area contributed by atoms with Gasteiger partial charge in [0.25, 0.3) is 0 Å². The molecule has 15 heavy (non-hydrogen) atoms. The maximum absolute atomic E-state index is 10.6. The summed E-state index contributed by atoms with van der Waals surface area (Å²) in [7, 11) is 0. The first-order valence-electron chi connectivity index (χ1n) is 4.73. The number of aryl methyl sites for hydroxylation is 1. The highest BCUT2D eigenvalue weighted by Crippen LogP contribution is 2.24. The standard InChI is InChI=1S/C11H14ClNO2/c1-8-3-4-10(12)11(7-8)15-6-5-13-9(2)14/h3-4,7H,5-6H2,1-2H3,(H,13,14). The first kappa shape index (κ1) is 11.9. The molecule has 0 spiro atoms. The fourth-order valence-electron chi connectivity index (χ4n) is 1.11. The lowest BCUT2D eigenvalue weighted by molar-refractivity contribution is -0.119. The molecule has 4 heteroatoms. The highest BCUT2D eigenvalue weighted by molar-refractivity contribution is 6.32. The molecular formula is C11H14ClNO2. The maximum atomic E-state index is 10.6. The average Bonchev–Trinajstić information content (AvgIpc) is 2.17. The summed E-state index contributed by atoms with van der Waals surface area (Å²) < 4.78 is 5.42. The van der Waals surface area contributed by atoms with Crippen LogP contribution in [0.25, 0.3) is 0 Å². The third kappa shape index (κ3) is 4.21. The number of hydrogen-bond acceptors (Lipinski definition) is 2. The van der Waals surface area contributed by atoms with Crippen LogP contribution in [-0.2, 0) is 4.79 Å². The van der Waals surface area contributed by atoms with Crippen molar-refractivity contribution < 1.29 is 9.53 Å². The molecule has 0 aromatic heterocycles. The van der Waals surface area contributed by atoms with Crippen molar-refractivity contribution in [1.82, 2.24) is 5.32 Å². The number of nitrogens with one attached hydrogen (secondary N) is 1. The van der Waals surface area contributed by atoms with E-state index in [4.69, 9.17) is 16.3 Å². The number of halogens is 1. The minimum absolute atomic E-state index is 0.0612. The normalized spacial score (nSPS) is 9.80. The first-order valence-corrected chi connectivity index (χ1v) is 5.11. The van der Waals surface area contributed by atoms with Gasteiger partial charge in [0.1, 0.15) is 12.4 Å². The van der Waals surface area contributed by atoms with Crippen molar-refractivity contribution in [2.24, 2.45) is 0 Å². The lowest BCUT2D eigenvalue weighted by atomic mass is 10.2. The second-order valence-electron chi connectivity index (χ2n) is 3.27. The lowest BCUT2D eigenvalue weighted by Crippen LogP contribution is -2.25. The molecule has 0 saturated heterocycles. The van der Waals surface area contributed by atoms with E-state index < -0.39 is 0 Å². The zero-order valence-corrected chi connectivity index (χ0v) is 9.60. The Hall–Kier alpha value is -1.22. The van der Waals surface area contributed by atoms with Crippen molar-refractivity contribution in [3.05, 3.63) is 28.8 Å². The van der Waals surface area contributed by atoms with Crippen LogP contribution in [0.15, 0.2) is 18.2 Å². The minimum Gasteiger partial charge on any atom is -0.490 e. The van der Waals surface area contributed by atoms with Gasteiger partial charge in [-0.2, -0.15) is 0 Å². The number of hydrogen-bond donors (Lipinski definition) is 1. The zero-order chi connectivity index (χ0) is 11.3. The van der Waals surface area contributed by atoms with E-state index in [9.17, 15) is 4.79 Å². The van der Waals surface area contributed by atoms with E-state index in [1.807, 2.05) is 19.1 Å². The monoisotopic (exact) mass is 227 g/mol. The van der Waals surface area contributed by atoms with Crippen LogP contribution < -0.4 is 10.1 Å². The second kappa shape index (κ2) is 5.61. The molecule has 1 rings (SSSR count). The van der Waals surface area contributed by atoms with E-state index in [1.54, 1.807) is 6.07 Å². The number of carbonyl (C=O) groups is 1. The highest BCUT2D eigenvalue weighted by Gasteiger charge is 2.01. The van der Waals surface area contributed by atoms with E-state index in [-0.39, 0.29) is 5.91 Å². The van der Waals surface area contributed by atoms with Crippen molar-refractivity contribution >= 4 is 17.5 Å². The van der Waals surface area contributed by atoms with Gasteiger partial charge in [0, 0.05) is 6.92 Å². The Balaban J connectivity index is 2.43. The van der Waals surface area contributed by atoms with Gasteiger partial charge < -0.3 is 10.1 Å². The van der Waals surface area contributed by atoms with E-state index >= 15 is 0 Å². The summed E-state index contributed by atoms with van der Waals surface area (Å²) in [5.74, 6) is 0.593. The number of carbonyl (C=O) groups excluding carboxylic acids is 1. The van der Waals surface area contributed by atoms with Crippen molar-refractivity contribution in [3.8, 4) is 5.75 Å². The smallest absolute Gasteiger partial charge is 0.216 e. The van der Waals surface area contributed by atoms with Crippen molar-refractivity contribution in [2.45, 2.75) is 13.8 Å². The number of ether oxygens (including phenoxy) is 1. The lowest BCUT2D eigenvalue weighted by Gasteiger charge is -2.08. The molecule has 0 aliphatic rings. The molecule has 1 N–H and O–H groups in total. The van der Waals surface area contributed by atoms with Crippen LogP contribution in [0.5, 0.6) is 5.75 Å². The fourth-order valence-corrected chi connectivity index (χ4v) is 1.28. The number of amides is 1. The SMILES string of the molecule is CC(=O)NCCOc1cc(C)ccc1Cl. The fraction of sp³-hybridized carbons (Fsp3) is 0.364. The molecule has 0 aliphatic heterocycles. The molecule has 0 heterocycles. The van der Waals surface area contributed by atoms with E-state index in [0.717, 1.165) is 5.56 Å². The van der Waals surface area contributed by atoms with E-state index in [1.165, 1.54) is 6.92 Å². The van der Waals surface area contributed by atoms with Crippen LogP contribution in [-0.4, -0.2) is 19.1 Å².